The molecule has 0 rings (SSSR count). The molecule has 0 aromatic heterocycles. The van der Waals surface area contributed by atoms with Gasteiger partial charge in [-0.1, -0.05) is 165 Å². The molecule has 0 saturated heterocycles. The van der Waals surface area contributed by atoms with Crippen LogP contribution in [0.1, 0.15) is 162 Å². The second-order valence-corrected chi connectivity index (χ2v) is 13.3. The average Bonchev–Trinajstić information content (AvgIpc) is 3.06. The van der Waals surface area contributed by atoms with Gasteiger partial charge in [-0.05, 0) is 50.9 Å². The van der Waals surface area contributed by atoms with Gasteiger partial charge in [-0.25, -0.2) is 0 Å². The van der Waals surface area contributed by atoms with Crippen molar-refractivity contribution < 1.29 is 29.3 Å². The lowest BCUT2D eigenvalue weighted by Crippen LogP contribution is -2.28. The lowest BCUT2D eigenvalue weighted by molar-refractivity contribution is -0.161. The van der Waals surface area contributed by atoms with E-state index >= 15 is 0 Å². The fourth-order valence-corrected chi connectivity index (χ4v) is 5.18. The Morgan fingerprint density at radius 3 is 1.65 bits per heavy atom. The summed E-state index contributed by atoms with van der Waals surface area (Å²) in [5.74, 6) is 0.0387. The van der Waals surface area contributed by atoms with Crippen LogP contribution >= 0.6 is 0 Å². The van der Waals surface area contributed by atoms with Crippen molar-refractivity contribution in [3.05, 3.63) is 60.8 Å². The quantitative estimate of drug-likeness (QED) is 0.0312. The van der Waals surface area contributed by atoms with Crippen LogP contribution in [0.2, 0.25) is 0 Å². The van der Waals surface area contributed by atoms with Gasteiger partial charge in [0.05, 0.1) is 12.7 Å². The summed E-state index contributed by atoms with van der Waals surface area (Å²) in [5.41, 5.74) is 0. The highest BCUT2D eigenvalue weighted by Crippen LogP contribution is 2.15. The summed E-state index contributed by atoms with van der Waals surface area (Å²) >= 11 is 0. The Labute approximate surface area is 294 Å². The zero-order valence-electron chi connectivity index (χ0n) is 31.0. The molecule has 6 heteroatoms. The molecule has 0 fully saturated rings. The van der Waals surface area contributed by atoms with E-state index in [-0.39, 0.29) is 19.0 Å². The van der Waals surface area contributed by atoms with Crippen molar-refractivity contribution in [3.8, 4) is 0 Å². The fourth-order valence-electron chi connectivity index (χ4n) is 5.18. The van der Waals surface area contributed by atoms with Crippen LogP contribution in [-0.2, 0) is 19.1 Å². The van der Waals surface area contributed by atoms with Gasteiger partial charge in [0, 0.05) is 12.8 Å². The van der Waals surface area contributed by atoms with E-state index in [4.69, 9.17) is 9.47 Å². The minimum absolute atomic E-state index is 0.123. The highest BCUT2D eigenvalue weighted by Gasteiger charge is 2.16. The van der Waals surface area contributed by atoms with Crippen LogP contribution in [0.3, 0.4) is 0 Å². The van der Waals surface area contributed by atoms with E-state index in [1.807, 2.05) is 18.2 Å². The first-order valence-corrected chi connectivity index (χ1v) is 19.3. The maximum Gasteiger partial charge on any atom is 0.306 e. The van der Waals surface area contributed by atoms with Crippen LogP contribution in [0.15, 0.2) is 60.8 Å². The molecule has 0 saturated carbocycles. The van der Waals surface area contributed by atoms with Crippen LogP contribution in [-0.4, -0.2) is 47.6 Å². The molecule has 6 nitrogen and oxygen atoms in total. The number of hydrogen-bond donors (Lipinski definition) is 2. The molecule has 276 valence electrons. The van der Waals surface area contributed by atoms with Crippen molar-refractivity contribution >= 4 is 11.9 Å². The van der Waals surface area contributed by atoms with Crippen LogP contribution in [0.4, 0.5) is 0 Å². The van der Waals surface area contributed by atoms with Gasteiger partial charge >= 0.3 is 11.9 Å². The molecule has 0 aliphatic heterocycles. The van der Waals surface area contributed by atoms with Gasteiger partial charge in [0.1, 0.15) is 6.61 Å². The minimum atomic E-state index is -0.866. The summed E-state index contributed by atoms with van der Waals surface area (Å²) in [4.78, 5) is 24.3. The van der Waals surface area contributed by atoms with Crippen LogP contribution in [0, 0.1) is 5.92 Å². The lowest BCUT2D eigenvalue weighted by Gasteiger charge is -2.16. The number of esters is 2. The van der Waals surface area contributed by atoms with E-state index in [0.29, 0.717) is 19.3 Å². The first-order chi connectivity index (χ1) is 23.4. The van der Waals surface area contributed by atoms with Gasteiger partial charge in [0.25, 0.3) is 0 Å². The van der Waals surface area contributed by atoms with Gasteiger partial charge in [0.2, 0.25) is 0 Å². The molecule has 1 unspecified atom stereocenters. The summed E-state index contributed by atoms with van der Waals surface area (Å²) in [7, 11) is 0. The largest absolute Gasteiger partial charge is 0.462 e. The molecular formula is C42H72O6. The number of carbonyl (C=O) groups is 2. The van der Waals surface area contributed by atoms with E-state index < -0.39 is 24.8 Å². The normalized spacial score (nSPS) is 13.6. The molecular weight excluding hydrogens is 600 g/mol. The molecule has 0 amide bonds. The number of hydrogen-bond acceptors (Lipinski definition) is 6. The van der Waals surface area contributed by atoms with E-state index in [2.05, 4.69) is 57.2 Å². The molecule has 0 aliphatic carbocycles. The third-order valence-electron chi connectivity index (χ3n) is 8.11. The smallest absolute Gasteiger partial charge is 0.306 e. The molecule has 0 heterocycles. The Hall–Kier alpha value is -2.44. The van der Waals surface area contributed by atoms with Gasteiger partial charge in [-0.3, -0.25) is 9.59 Å². The predicted octanol–water partition coefficient (Wildman–Crippen LogP) is 10.8. The van der Waals surface area contributed by atoms with Crippen molar-refractivity contribution in [1.82, 2.24) is 0 Å². The zero-order valence-corrected chi connectivity index (χ0v) is 31.0. The maximum absolute atomic E-state index is 12.2. The molecule has 0 aromatic rings. The highest BCUT2D eigenvalue weighted by atomic mass is 16.6. The van der Waals surface area contributed by atoms with Gasteiger partial charge in [-0.15, -0.1) is 0 Å². The van der Waals surface area contributed by atoms with Crippen molar-refractivity contribution in [2.45, 2.75) is 174 Å². The van der Waals surface area contributed by atoms with Crippen molar-refractivity contribution in [1.29, 1.82) is 0 Å². The number of rotatable bonds is 33. The number of allylic oxidation sites excluding steroid dienone is 9. The summed E-state index contributed by atoms with van der Waals surface area (Å²) < 4.78 is 10.5. The summed E-state index contributed by atoms with van der Waals surface area (Å²) in [6, 6.07) is 0. The Balaban J connectivity index is 3.77. The fraction of sp³-hybridized carbons (Fsp3) is 0.714. The third-order valence-corrected chi connectivity index (χ3v) is 8.11. The monoisotopic (exact) mass is 673 g/mol. The summed E-state index contributed by atoms with van der Waals surface area (Å²) in [6.07, 6.45) is 41.7. The van der Waals surface area contributed by atoms with Crippen LogP contribution in [0.25, 0.3) is 0 Å². The van der Waals surface area contributed by atoms with Crippen molar-refractivity contribution in [2.75, 3.05) is 13.2 Å². The molecule has 0 bridgehead atoms. The van der Waals surface area contributed by atoms with E-state index in [0.717, 1.165) is 50.9 Å². The molecule has 0 aliphatic rings. The Kier molecular flexibility index (Phi) is 34.0. The van der Waals surface area contributed by atoms with Gasteiger partial charge in [-0.2, -0.15) is 0 Å². The number of ether oxygens (including phenoxy) is 2. The minimum Gasteiger partial charge on any atom is -0.462 e. The highest BCUT2D eigenvalue weighted by molar-refractivity contribution is 5.70. The third kappa shape index (κ3) is 34.9. The number of carbonyl (C=O) groups excluding carboxylic acids is 2. The molecule has 2 N–H and O–H groups in total. The van der Waals surface area contributed by atoms with Crippen LogP contribution in [0.5, 0.6) is 0 Å². The van der Waals surface area contributed by atoms with E-state index in [1.54, 1.807) is 6.08 Å². The summed E-state index contributed by atoms with van der Waals surface area (Å²) in [6.45, 7) is 6.19. The molecule has 2 atom stereocenters. The second-order valence-electron chi connectivity index (χ2n) is 13.3. The Bertz CT molecular complexity index is 885. The Morgan fingerprint density at radius 2 is 1.10 bits per heavy atom. The van der Waals surface area contributed by atoms with E-state index in [1.165, 1.54) is 70.6 Å². The topological polar surface area (TPSA) is 93.1 Å². The standard InChI is InChI=1S/C42H72O6/c1-4-5-6-7-8-9-10-12-16-19-22-25-28-32-39(44)33-30-35-42(46)48-40(36-43)37-47-41(45)34-29-26-23-20-17-14-11-13-15-18-21-24-27-31-38(2)3/h5-6,8-9,12,16,22,25,28,32,38-40,43-44H,4,7,10-11,13-15,17-21,23-24,26-27,29-31,33-37H2,1-3H3/b6-5-,9-8-,16-12-,25-22-,32-28+/t39?,40-/m0/s1. The van der Waals surface area contributed by atoms with Crippen LogP contribution < -0.4 is 0 Å². The SMILES string of the molecule is CC/C=C\C/C=C\C/C=C\C/C=C\C=C\C(O)CCCC(=O)O[C@@H](CO)COC(=O)CCCCCCCCCCCCCCCC(C)C. The first-order valence-electron chi connectivity index (χ1n) is 19.3. The zero-order chi connectivity index (χ0) is 35.3. The number of aliphatic hydroxyl groups is 2. The number of unbranched alkanes of at least 4 members (excludes halogenated alkanes) is 12. The van der Waals surface area contributed by atoms with Gasteiger partial charge in [0.15, 0.2) is 6.10 Å². The van der Waals surface area contributed by atoms with Crippen molar-refractivity contribution in [2.24, 2.45) is 5.92 Å². The molecule has 0 aromatic carbocycles. The number of aliphatic hydroxyl groups excluding tert-OH is 2. The van der Waals surface area contributed by atoms with E-state index in [9.17, 15) is 19.8 Å². The Morgan fingerprint density at radius 1 is 0.604 bits per heavy atom. The lowest BCUT2D eigenvalue weighted by atomic mass is 10.0. The molecule has 48 heavy (non-hydrogen) atoms. The summed E-state index contributed by atoms with van der Waals surface area (Å²) in [5, 5.41) is 19.7. The maximum atomic E-state index is 12.2. The molecule has 0 spiro atoms. The van der Waals surface area contributed by atoms with Crippen molar-refractivity contribution in [3.63, 3.8) is 0 Å². The average molecular weight is 673 g/mol. The second kappa shape index (κ2) is 35.9. The molecule has 0 radical (unpaired) electrons. The first kappa shape index (κ1) is 45.6. The predicted molar refractivity (Wildman–Crippen MR) is 202 cm³/mol. The van der Waals surface area contributed by atoms with Gasteiger partial charge < -0.3 is 19.7 Å².